The Kier molecular flexibility index (Phi) is 6.94. The average Bonchev–Trinajstić information content (AvgIpc) is 2.69. The van der Waals surface area contributed by atoms with Gasteiger partial charge in [-0.3, -0.25) is 9.62 Å². The van der Waals surface area contributed by atoms with Crippen molar-refractivity contribution in [2.24, 2.45) is 0 Å². The molecular weight excluding hydrogens is 342 g/mol. The van der Waals surface area contributed by atoms with Crippen LogP contribution in [0, 0.1) is 0 Å². The number of aromatic nitrogens is 1. The van der Waals surface area contributed by atoms with Gasteiger partial charge in [-0.1, -0.05) is 42.3 Å². The Bertz CT molecular complexity index is 684. The summed E-state index contributed by atoms with van der Waals surface area (Å²) in [4.78, 5) is 7.17. The van der Waals surface area contributed by atoms with E-state index in [0.29, 0.717) is 12.0 Å². The second kappa shape index (κ2) is 9.40. The van der Waals surface area contributed by atoms with Crippen molar-refractivity contribution < 1.29 is 4.74 Å². The highest BCUT2D eigenvalue weighted by Crippen LogP contribution is 2.28. The summed E-state index contributed by atoms with van der Waals surface area (Å²) in [5, 5.41) is 0. The van der Waals surface area contributed by atoms with Crippen molar-refractivity contribution in [1.29, 1.82) is 0 Å². The first kappa shape index (κ1) is 19.2. The highest BCUT2D eigenvalue weighted by molar-refractivity contribution is 7.96. The topological polar surface area (TPSA) is 37.4 Å². The van der Waals surface area contributed by atoms with Gasteiger partial charge < -0.3 is 4.74 Å². The molecule has 1 saturated heterocycles. The lowest BCUT2D eigenvalue weighted by atomic mass is 9.92. The van der Waals surface area contributed by atoms with Crippen molar-refractivity contribution in [2.45, 2.75) is 38.3 Å². The van der Waals surface area contributed by atoms with Gasteiger partial charge in [-0.25, -0.2) is 4.98 Å². The average molecular weight is 372 g/mol. The van der Waals surface area contributed by atoms with E-state index in [-0.39, 0.29) is 0 Å². The zero-order valence-corrected chi connectivity index (χ0v) is 16.8. The van der Waals surface area contributed by atoms with Crippen LogP contribution < -0.4 is 9.46 Å². The molecule has 0 spiro atoms. The monoisotopic (exact) mass is 371 g/mol. The Morgan fingerprint density at radius 1 is 1.19 bits per heavy atom. The predicted octanol–water partition coefficient (Wildman–Crippen LogP) is 4.40. The molecule has 0 unspecified atom stereocenters. The van der Waals surface area contributed by atoms with Crippen LogP contribution in [0.25, 0.3) is 0 Å². The standard InChI is InChI=1S/C21H29N3OS/c1-16(23-26-3)18-9-7-17(8-10-18)15-24-13-11-19(12-14-24)20-5-4-6-21(22-20)25-2/h4-10,16,19,23H,11-15H2,1-3H3/t16-/m1/s1. The number of rotatable bonds is 7. The highest BCUT2D eigenvalue weighted by Gasteiger charge is 2.22. The molecule has 4 nitrogen and oxygen atoms in total. The van der Waals surface area contributed by atoms with Crippen molar-refractivity contribution in [3.63, 3.8) is 0 Å². The van der Waals surface area contributed by atoms with Crippen LogP contribution >= 0.6 is 11.9 Å². The molecule has 5 heteroatoms. The SMILES string of the molecule is COc1cccc(C2CCN(Cc3ccc([C@@H](C)NSC)cc3)CC2)n1. The number of benzene rings is 1. The summed E-state index contributed by atoms with van der Waals surface area (Å²) in [5.74, 6) is 1.26. The number of methoxy groups -OCH3 is 1. The third-order valence-electron chi connectivity index (χ3n) is 5.14. The molecule has 0 saturated carbocycles. The van der Waals surface area contributed by atoms with Gasteiger partial charge in [0, 0.05) is 30.3 Å². The lowest BCUT2D eigenvalue weighted by Crippen LogP contribution is -2.32. The molecule has 2 aromatic rings. The predicted molar refractivity (Wildman–Crippen MR) is 110 cm³/mol. The zero-order valence-electron chi connectivity index (χ0n) is 15.9. The maximum Gasteiger partial charge on any atom is 0.213 e. The number of nitrogens with one attached hydrogen (secondary N) is 1. The number of hydrogen-bond acceptors (Lipinski definition) is 5. The summed E-state index contributed by atoms with van der Waals surface area (Å²) in [6.07, 6.45) is 4.38. The molecule has 0 aliphatic carbocycles. The summed E-state index contributed by atoms with van der Waals surface area (Å²) in [7, 11) is 1.68. The van der Waals surface area contributed by atoms with Gasteiger partial charge in [0.05, 0.1) is 7.11 Å². The van der Waals surface area contributed by atoms with Crippen molar-refractivity contribution >= 4 is 11.9 Å². The first-order chi connectivity index (χ1) is 12.7. The largest absolute Gasteiger partial charge is 0.481 e. The van der Waals surface area contributed by atoms with E-state index in [4.69, 9.17) is 4.74 Å². The minimum absolute atomic E-state index is 0.380. The second-order valence-corrected chi connectivity index (χ2v) is 7.58. The van der Waals surface area contributed by atoms with Crippen molar-refractivity contribution in [3.05, 3.63) is 59.3 Å². The number of likely N-dealkylation sites (tertiary alicyclic amines) is 1. The molecule has 1 aromatic heterocycles. The van der Waals surface area contributed by atoms with Crippen molar-refractivity contribution in [3.8, 4) is 5.88 Å². The number of piperidine rings is 1. The van der Waals surface area contributed by atoms with E-state index in [9.17, 15) is 0 Å². The van der Waals surface area contributed by atoms with Gasteiger partial charge in [0.2, 0.25) is 5.88 Å². The van der Waals surface area contributed by atoms with Gasteiger partial charge >= 0.3 is 0 Å². The number of ether oxygens (including phenoxy) is 1. The third-order valence-corrected chi connectivity index (χ3v) is 5.73. The normalized spacial score (nSPS) is 17.2. The van der Waals surface area contributed by atoms with Crippen molar-refractivity contribution in [1.82, 2.24) is 14.6 Å². The smallest absolute Gasteiger partial charge is 0.213 e. The summed E-state index contributed by atoms with van der Waals surface area (Å²) in [6.45, 7) is 5.47. The molecule has 2 heterocycles. The fourth-order valence-corrected chi connectivity index (χ4v) is 4.06. The van der Waals surface area contributed by atoms with E-state index in [0.717, 1.165) is 38.4 Å². The molecule has 140 valence electrons. The van der Waals surface area contributed by atoms with Gasteiger partial charge in [-0.15, -0.1) is 0 Å². The Labute approximate surface area is 161 Å². The Morgan fingerprint density at radius 2 is 1.92 bits per heavy atom. The van der Waals surface area contributed by atoms with Crippen LogP contribution in [0.15, 0.2) is 42.5 Å². The molecule has 1 aliphatic rings. The fraction of sp³-hybridized carbons (Fsp3) is 0.476. The molecule has 0 amide bonds. The Balaban J connectivity index is 1.52. The minimum Gasteiger partial charge on any atom is -0.481 e. The second-order valence-electron chi connectivity index (χ2n) is 6.94. The first-order valence-corrected chi connectivity index (χ1v) is 10.5. The minimum atomic E-state index is 0.380. The molecule has 0 radical (unpaired) electrons. The molecule has 1 atom stereocenters. The van der Waals surface area contributed by atoms with E-state index in [2.05, 4.69) is 58.1 Å². The van der Waals surface area contributed by atoms with Crippen LogP contribution in [-0.2, 0) is 6.54 Å². The summed E-state index contributed by atoms with van der Waals surface area (Å²) >= 11 is 1.67. The van der Waals surface area contributed by atoms with Gasteiger partial charge in [-0.2, -0.15) is 0 Å². The van der Waals surface area contributed by atoms with Crippen LogP contribution in [0.2, 0.25) is 0 Å². The molecule has 1 N–H and O–H groups in total. The molecule has 1 aliphatic heterocycles. The molecule has 0 bridgehead atoms. The molecule has 1 fully saturated rings. The zero-order chi connectivity index (χ0) is 18.4. The highest BCUT2D eigenvalue weighted by atomic mass is 32.2. The number of pyridine rings is 1. The van der Waals surface area contributed by atoms with Crippen molar-refractivity contribution in [2.75, 3.05) is 26.5 Å². The Morgan fingerprint density at radius 3 is 2.58 bits per heavy atom. The maximum absolute atomic E-state index is 5.26. The van der Waals surface area contributed by atoms with Gasteiger partial charge in [0.25, 0.3) is 0 Å². The lowest BCUT2D eigenvalue weighted by molar-refractivity contribution is 0.203. The van der Waals surface area contributed by atoms with E-state index in [1.54, 1.807) is 19.1 Å². The summed E-state index contributed by atoms with van der Waals surface area (Å²) in [6, 6.07) is 15.5. The molecular formula is C21H29N3OS. The van der Waals surface area contributed by atoms with Gasteiger partial charge in [0.15, 0.2) is 0 Å². The lowest BCUT2D eigenvalue weighted by Gasteiger charge is -2.31. The molecule has 3 rings (SSSR count). The van der Waals surface area contributed by atoms with E-state index < -0.39 is 0 Å². The van der Waals surface area contributed by atoms with E-state index >= 15 is 0 Å². The first-order valence-electron chi connectivity index (χ1n) is 9.30. The van der Waals surface area contributed by atoms with E-state index in [1.807, 2.05) is 12.1 Å². The van der Waals surface area contributed by atoms with Gasteiger partial charge in [0.1, 0.15) is 0 Å². The number of hydrogen-bond donors (Lipinski definition) is 1. The van der Waals surface area contributed by atoms with E-state index in [1.165, 1.54) is 16.8 Å². The third kappa shape index (κ3) is 5.00. The summed E-state index contributed by atoms with van der Waals surface area (Å²) < 4.78 is 8.64. The quantitative estimate of drug-likeness (QED) is 0.730. The fourth-order valence-electron chi connectivity index (χ4n) is 3.57. The Hall–Kier alpha value is -1.56. The maximum atomic E-state index is 5.26. The van der Waals surface area contributed by atoms with Crippen LogP contribution in [0.5, 0.6) is 5.88 Å². The van der Waals surface area contributed by atoms with Crippen LogP contribution in [0.3, 0.4) is 0 Å². The van der Waals surface area contributed by atoms with Gasteiger partial charge in [-0.05, 0) is 56.3 Å². The molecule has 1 aromatic carbocycles. The summed E-state index contributed by atoms with van der Waals surface area (Å²) in [5.41, 5.74) is 3.90. The van der Waals surface area contributed by atoms with Crippen LogP contribution in [0.4, 0.5) is 0 Å². The molecule has 26 heavy (non-hydrogen) atoms. The number of nitrogens with zero attached hydrogens (tertiary/aromatic N) is 2. The van der Waals surface area contributed by atoms with Crippen LogP contribution in [-0.4, -0.2) is 36.3 Å². The van der Waals surface area contributed by atoms with Crippen LogP contribution in [0.1, 0.15) is 48.5 Å².